The van der Waals surface area contributed by atoms with Gasteiger partial charge in [0.05, 0.1) is 23.4 Å². The predicted molar refractivity (Wildman–Crippen MR) is 105 cm³/mol. The first kappa shape index (κ1) is 19.4. The van der Waals surface area contributed by atoms with Gasteiger partial charge in [0.15, 0.2) is 6.10 Å². The maximum absolute atomic E-state index is 12.3. The van der Waals surface area contributed by atoms with E-state index >= 15 is 0 Å². The van der Waals surface area contributed by atoms with Crippen molar-refractivity contribution < 1.29 is 19.1 Å². The zero-order valence-corrected chi connectivity index (χ0v) is 16.0. The van der Waals surface area contributed by atoms with E-state index in [1.807, 2.05) is 0 Å². The van der Waals surface area contributed by atoms with Crippen LogP contribution in [0.1, 0.15) is 17.3 Å². The van der Waals surface area contributed by atoms with Crippen LogP contribution in [-0.2, 0) is 9.53 Å². The van der Waals surface area contributed by atoms with Crippen molar-refractivity contribution in [2.45, 2.75) is 13.0 Å². The van der Waals surface area contributed by atoms with Crippen LogP contribution in [0.3, 0.4) is 0 Å². The van der Waals surface area contributed by atoms with Crippen LogP contribution in [0, 0.1) is 0 Å². The molecule has 144 valence electrons. The molecule has 3 rings (SSSR count). The number of nitrogens with one attached hydrogen (secondary N) is 1. The van der Waals surface area contributed by atoms with Gasteiger partial charge in [-0.3, -0.25) is 4.79 Å². The van der Waals surface area contributed by atoms with Crippen molar-refractivity contribution in [2.75, 3.05) is 12.4 Å². The summed E-state index contributed by atoms with van der Waals surface area (Å²) in [7, 11) is 1.50. The Labute approximate surface area is 166 Å². The SMILES string of the molecule is COc1ccc(NC(=O)[C@H](C)OC(=O)c2ccc(-n3cccn3)cc2)cc1Cl. The second-order valence-corrected chi connectivity index (χ2v) is 6.29. The van der Waals surface area contributed by atoms with Gasteiger partial charge in [-0.15, -0.1) is 0 Å². The van der Waals surface area contributed by atoms with Gasteiger partial charge < -0.3 is 14.8 Å². The van der Waals surface area contributed by atoms with Crippen LogP contribution in [0.4, 0.5) is 5.69 Å². The van der Waals surface area contributed by atoms with E-state index < -0.39 is 18.0 Å². The monoisotopic (exact) mass is 399 g/mol. The van der Waals surface area contributed by atoms with Crippen LogP contribution in [0.15, 0.2) is 60.9 Å². The number of ether oxygens (including phenoxy) is 2. The normalized spacial score (nSPS) is 11.5. The molecule has 0 saturated heterocycles. The molecule has 0 aliphatic carbocycles. The summed E-state index contributed by atoms with van der Waals surface area (Å²) in [6.45, 7) is 1.50. The minimum absolute atomic E-state index is 0.336. The summed E-state index contributed by atoms with van der Waals surface area (Å²) >= 11 is 6.04. The number of nitrogens with zero attached hydrogens (tertiary/aromatic N) is 2. The zero-order chi connectivity index (χ0) is 20.1. The molecule has 0 radical (unpaired) electrons. The van der Waals surface area contributed by atoms with E-state index in [0.717, 1.165) is 5.69 Å². The Morgan fingerprint density at radius 3 is 2.54 bits per heavy atom. The molecule has 1 amide bonds. The highest BCUT2D eigenvalue weighted by molar-refractivity contribution is 6.32. The fourth-order valence-electron chi connectivity index (χ4n) is 2.44. The molecule has 0 fully saturated rings. The summed E-state index contributed by atoms with van der Waals surface area (Å²) < 4.78 is 12.0. The second kappa shape index (κ2) is 8.58. The third-order valence-corrected chi connectivity index (χ3v) is 4.24. The Hall–Kier alpha value is -3.32. The summed E-state index contributed by atoms with van der Waals surface area (Å²) in [4.78, 5) is 24.6. The molecule has 0 unspecified atom stereocenters. The van der Waals surface area contributed by atoms with E-state index in [4.69, 9.17) is 21.1 Å². The highest BCUT2D eigenvalue weighted by Gasteiger charge is 2.19. The molecule has 8 heteroatoms. The number of hydrogen-bond acceptors (Lipinski definition) is 5. The average molecular weight is 400 g/mol. The minimum atomic E-state index is -0.987. The summed E-state index contributed by atoms with van der Waals surface area (Å²) in [5.74, 6) is -0.567. The summed E-state index contributed by atoms with van der Waals surface area (Å²) in [5.41, 5.74) is 1.62. The van der Waals surface area contributed by atoms with Crippen molar-refractivity contribution in [1.29, 1.82) is 0 Å². The Morgan fingerprint density at radius 2 is 1.93 bits per heavy atom. The topological polar surface area (TPSA) is 82.5 Å². The first-order valence-electron chi connectivity index (χ1n) is 8.43. The summed E-state index contributed by atoms with van der Waals surface area (Å²) in [5, 5.41) is 7.13. The van der Waals surface area contributed by atoms with Gasteiger partial charge in [0.2, 0.25) is 0 Å². The van der Waals surface area contributed by atoms with Gasteiger partial charge in [-0.1, -0.05) is 11.6 Å². The van der Waals surface area contributed by atoms with Crippen LogP contribution in [0.2, 0.25) is 5.02 Å². The minimum Gasteiger partial charge on any atom is -0.495 e. The molecule has 28 heavy (non-hydrogen) atoms. The molecule has 0 saturated carbocycles. The molecule has 0 aliphatic heterocycles. The van der Waals surface area contributed by atoms with E-state index in [1.165, 1.54) is 14.0 Å². The fourth-order valence-corrected chi connectivity index (χ4v) is 2.70. The summed E-state index contributed by atoms with van der Waals surface area (Å²) in [6.07, 6.45) is 2.48. The number of anilines is 1. The van der Waals surface area contributed by atoms with E-state index in [2.05, 4.69) is 10.4 Å². The van der Waals surface area contributed by atoms with Gasteiger partial charge in [0, 0.05) is 18.1 Å². The van der Waals surface area contributed by atoms with Gasteiger partial charge in [-0.2, -0.15) is 5.10 Å². The standard InChI is InChI=1S/C20H18ClN3O4/c1-13(19(25)23-15-6-9-18(27-2)17(21)12-15)28-20(26)14-4-7-16(8-5-14)24-11-3-10-22-24/h3-13H,1-2H3,(H,23,25)/t13-/m0/s1. The third kappa shape index (κ3) is 4.50. The Bertz CT molecular complexity index is 972. The first-order valence-corrected chi connectivity index (χ1v) is 8.81. The molecule has 1 heterocycles. The Morgan fingerprint density at radius 1 is 1.18 bits per heavy atom. The first-order chi connectivity index (χ1) is 13.5. The van der Waals surface area contributed by atoms with Crippen LogP contribution < -0.4 is 10.1 Å². The number of benzene rings is 2. The maximum atomic E-state index is 12.3. The molecular formula is C20H18ClN3O4. The molecule has 7 nitrogen and oxygen atoms in total. The number of halogens is 1. The lowest BCUT2D eigenvalue weighted by atomic mass is 10.2. The molecular weight excluding hydrogens is 382 g/mol. The Kier molecular flexibility index (Phi) is 5.96. The molecule has 1 aromatic heterocycles. The fraction of sp³-hybridized carbons (Fsp3) is 0.150. The van der Waals surface area contributed by atoms with Crippen LogP contribution >= 0.6 is 11.6 Å². The van der Waals surface area contributed by atoms with Crippen LogP contribution in [-0.4, -0.2) is 34.9 Å². The predicted octanol–water partition coefficient (Wildman–Crippen LogP) is 3.72. The van der Waals surface area contributed by atoms with Gasteiger partial charge >= 0.3 is 5.97 Å². The van der Waals surface area contributed by atoms with E-state index in [0.29, 0.717) is 22.0 Å². The van der Waals surface area contributed by atoms with Crippen molar-refractivity contribution in [3.8, 4) is 11.4 Å². The van der Waals surface area contributed by atoms with Gasteiger partial charge in [0.1, 0.15) is 5.75 Å². The van der Waals surface area contributed by atoms with Crippen molar-refractivity contribution >= 4 is 29.2 Å². The largest absolute Gasteiger partial charge is 0.495 e. The van der Waals surface area contributed by atoms with E-state index in [-0.39, 0.29) is 0 Å². The molecule has 2 aromatic carbocycles. The van der Waals surface area contributed by atoms with E-state index in [9.17, 15) is 9.59 Å². The number of carbonyl (C=O) groups excluding carboxylic acids is 2. The highest BCUT2D eigenvalue weighted by Crippen LogP contribution is 2.27. The number of rotatable bonds is 6. The van der Waals surface area contributed by atoms with Crippen molar-refractivity contribution in [2.24, 2.45) is 0 Å². The number of carbonyl (C=O) groups is 2. The summed E-state index contributed by atoms with van der Waals surface area (Å²) in [6, 6.07) is 13.4. The van der Waals surface area contributed by atoms with Gasteiger partial charge in [-0.05, 0) is 55.5 Å². The number of aromatic nitrogens is 2. The highest BCUT2D eigenvalue weighted by atomic mass is 35.5. The van der Waals surface area contributed by atoms with Crippen molar-refractivity contribution in [3.05, 3.63) is 71.5 Å². The van der Waals surface area contributed by atoms with Crippen LogP contribution in [0.5, 0.6) is 5.75 Å². The second-order valence-electron chi connectivity index (χ2n) is 5.88. The van der Waals surface area contributed by atoms with Crippen molar-refractivity contribution in [3.63, 3.8) is 0 Å². The number of esters is 1. The number of methoxy groups -OCH3 is 1. The molecule has 1 atom stereocenters. The number of hydrogen-bond donors (Lipinski definition) is 1. The van der Waals surface area contributed by atoms with Gasteiger partial charge in [-0.25, -0.2) is 9.48 Å². The smallest absolute Gasteiger partial charge is 0.338 e. The lowest BCUT2D eigenvalue weighted by Crippen LogP contribution is -2.30. The van der Waals surface area contributed by atoms with Crippen molar-refractivity contribution in [1.82, 2.24) is 9.78 Å². The molecule has 0 spiro atoms. The average Bonchev–Trinajstić information content (AvgIpc) is 3.23. The zero-order valence-electron chi connectivity index (χ0n) is 15.3. The quantitative estimate of drug-likeness (QED) is 0.639. The van der Waals surface area contributed by atoms with Gasteiger partial charge in [0.25, 0.3) is 5.91 Å². The molecule has 1 N–H and O–H groups in total. The van der Waals surface area contributed by atoms with Crippen LogP contribution in [0.25, 0.3) is 5.69 Å². The number of amides is 1. The third-order valence-electron chi connectivity index (χ3n) is 3.94. The lowest BCUT2D eigenvalue weighted by Gasteiger charge is -2.14. The lowest BCUT2D eigenvalue weighted by molar-refractivity contribution is -0.123. The maximum Gasteiger partial charge on any atom is 0.338 e. The Balaban J connectivity index is 1.60. The molecule has 0 bridgehead atoms. The van der Waals surface area contributed by atoms with E-state index in [1.54, 1.807) is 65.6 Å². The molecule has 3 aromatic rings. The molecule has 0 aliphatic rings.